The van der Waals surface area contributed by atoms with Gasteiger partial charge in [-0.1, -0.05) is 49.4 Å². The van der Waals surface area contributed by atoms with Gasteiger partial charge in [0.05, 0.1) is 0 Å². The van der Waals surface area contributed by atoms with E-state index in [2.05, 4.69) is 59.3 Å². The van der Waals surface area contributed by atoms with Crippen molar-refractivity contribution in [2.75, 3.05) is 38.0 Å². The molecule has 0 aromatic heterocycles. The molecule has 4 nitrogen and oxygen atoms in total. The Bertz CT molecular complexity index is 751. The van der Waals surface area contributed by atoms with Crippen molar-refractivity contribution in [1.29, 1.82) is 0 Å². The fraction of sp³-hybridized carbons (Fsp3) is 0.435. The normalized spacial score (nSPS) is 16.9. The zero-order valence-corrected chi connectivity index (χ0v) is 16.7. The Labute approximate surface area is 163 Å². The number of rotatable bonds is 6. The van der Waals surface area contributed by atoms with Gasteiger partial charge in [0, 0.05) is 31.9 Å². The minimum Gasteiger partial charge on any atom is -0.324 e. The van der Waals surface area contributed by atoms with Crippen molar-refractivity contribution >= 4 is 11.6 Å². The molecule has 0 aliphatic carbocycles. The zero-order chi connectivity index (χ0) is 19.2. The first-order valence-electron chi connectivity index (χ1n) is 9.98. The Morgan fingerprint density at radius 3 is 2.41 bits per heavy atom. The fourth-order valence-electron chi connectivity index (χ4n) is 3.80. The molecule has 1 fully saturated rings. The summed E-state index contributed by atoms with van der Waals surface area (Å²) in [6.45, 7) is 11.3. The van der Waals surface area contributed by atoms with Crippen LogP contribution in [0, 0.1) is 13.8 Å². The number of amides is 1. The number of hydrogen-bond acceptors (Lipinski definition) is 3. The van der Waals surface area contributed by atoms with Crippen molar-refractivity contribution in [2.45, 2.75) is 33.2 Å². The van der Waals surface area contributed by atoms with E-state index in [0.717, 1.165) is 55.1 Å². The number of aryl methyl sites for hydroxylation is 2. The third-order valence-electron chi connectivity index (χ3n) is 5.33. The second-order valence-electron chi connectivity index (χ2n) is 7.50. The minimum absolute atomic E-state index is 0.0545. The molecular weight excluding hydrogens is 334 g/mol. The molecular formula is C23H31N3O. The lowest BCUT2D eigenvalue weighted by molar-refractivity contribution is -0.122. The van der Waals surface area contributed by atoms with Crippen LogP contribution in [0.4, 0.5) is 5.69 Å². The molecule has 0 radical (unpaired) electrons. The Morgan fingerprint density at radius 2 is 1.74 bits per heavy atom. The largest absolute Gasteiger partial charge is 0.324 e. The maximum Gasteiger partial charge on any atom is 0.246 e. The van der Waals surface area contributed by atoms with Crippen LogP contribution in [-0.4, -0.2) is 48.4 Å². The van der Waals surface area contributed by atoms with Gasteiger partial charge in [-0.15, -0.1) is 0 Å². The number of carbonyl (C=O) groups excluding carboxylic acids is 1. The topological polar surface area (TPSA) is 35.6 Å². The highest BCUT2D eigenvalue weighted by molar-refractivity contribution is 5.96. The van der Waals surface area contributed by atoms with E-state index in [4.69, 9.17) is 0 Å². The van der Waals surface area contributed by atoms with E-state index in [0.29, 0.717) is 0 Å². The van der Waals surface area contributed by atoms with Gasteiger partial charge in [-0.2, -0.15) is 0 Å². The van der Waals surface area contributed by atoms with Crippen molar-refractivity contribution < 1.29 is 4.79 Å². The molecule has 0 spiro atoms. The molecule has 1 aliphatic rings. The predicted molar refractivity (Wildman–Crippen MR) is 112 cm³/mol. The van der Waals surface area contributed by atoms with Crippen LogP contribution < -0.4 is 5.32 Å². The summed E-state index contributed by atoms with van der Waals surface area (Å²) < 4.78 is 0. The average Bonchev–Trinajstić information content (AvgIpc) is 2.67. The SMILES string of the molecule is CCCN1CCN([C@@H](C(=O)Nc2cc(C)ccc2C)c2ccccc2)CC1. The lowest BCUT2D eigenvalue weighted by atomic mass is 10.0. The predicted octanol–water partition coefficient (Wildman–Crippen LogP) is 4.01. The van der Waals surface area contributed by atoms with Crippen LogP contribution in [0.3, 0.4) is 0 Å². The number of nitrogens with zero attached hydrogens (tertiary/aromatic N) is 2. The summed E-state index contributed by atoms with van der Waals surface area (Å²) in [5, 5.41) is 3.19. The van der Waals surface area contributed by atoms with Crippen molar-refractivity contribution in [3.63, 3.8) is 0 Å². The van der Waals surface area contributed by atoms with Gasteiger partial charge in [-0.25, -0.2) is 0 Å². The smallest absolute Gasteiger partial charge is 0.246 e. The number of carbonyl (C=O) groups is 1. The molecule has 0 unspecified atom stereocenters. The van der Waals surface area contributed by atoms with E-state index in [1.807, 2.05) is 25.1 Å². The van der Waals surface area contributed by atoms with Crippen LogP contribution >= 0.6 is 0 Å². The van der Waals surface area contributed by atoms with Gasteiger partial charge in [0.25, 0.3) is 0 Å². The summed E-state index contributed by atoms with van der Waals surface area (Å²) in [5.74, 6) is 0.0545. The van der Waals surface area contributed by atoms with Gasteiger partial charge >= 0.3 is 0 Å². The first-order chi connectivity index (χ1) is 13.1. The van der Waals surface area contributed by atoms with Crippen LogP contribution in [0.2, 0.25) is 0 Å². The van der Waals surface area contributed by atoms with Gasteiger partial charge in [-0.3, -0.25) is 9.69 Å². The van der Waals surface area contributed by atoms with E-state index >= 15 is 0 Å². The average molecular weight is 366 g/mol. The number of nitrogens with one attached hydrogen (secondary N) is 1. The molecule has 4 heteroatoms. The molecule has 1 amide bonds. The lowest BCUT2D eigenvalue weighted by Gasteiger charge is -2.38. The van der Waals surface area contributed by atoms with E-state index in [1.54, 1.807) is 0 Å². The highest BCUT2D eigenvalue weighted by atomic mass is 16.2. The van der Waals surface area contributed by atoms with Crippen LogP contribution in [0.25, 0.3) is 0 Å². The number of piperazine rings is 1. The molecule has 2 aromatic carbocycles. The van der Waals surface area contributed by atoms with Crippen LogP contribution in [-0.2, 0) is 4.79 Å². The van der Waals surface area contributed by atoms with Gasteiger partial charge < -0.3 is 10.2 Å². The minimum atomic E-state index is -0.255. The van der Waals surface area contributed by atoms with Crippen LogP contribution in [0.1, 0.15) is 36.1 Å². The summed E-state index contributed by atoms with van der Waals surface area (Å²) >= 11 is 0. The molecule has 27 heavy (non-hydrogen) atoms. The van der Waals surface area contributed by atoms with Gasteiger partial charge in [-0.05, 0) is 49.6 Å². The Balaban J connectivity index is 1.80. The molecule has 0 bridgehead atoms. The molecule has 144 valence electrons. The van der Waals surface area contributed by atoms with Crippen LogP contribution in [0.5, 0.6) is 0 Å². The Kier molecular flexibility index (Phi) is 6.64. The molecule has 1 aliphatic heterocycles. The summed E-state index contributed by atoms with van der Waals surface area (Å²) in [6, 6.07) is 16.1. The number of anilines is 1. The first-order valence-corrected chi connectivity index (χ1v) is 9.98. The molecule has 0 saturated carbocycles. The van der Waals surface area contributed by atoms with Gasteiger partial charge in [0.2, 0.25) is 5.91 Å². The zero-order valence-electron chi connectivity index (χ0n) is 16.7. The summed E-state index contributed by atoms with van der Waals surface area (Å²) in [4.78, 5) is 18.1. The molecule has 3 rings (SSSR count). The molecule has 1 heterocycles. The van der Waals surface area contributed by atoms with Crippen molar-refractivity contribution in [1.82, 2.24) is 9.80 Å². The van der Waals surface area contributed by atoms with E-state index < -0.39 is 0 Å². The summed E-state index contributed by atoms with van der Waals surface area (Å²) in [7, 11) is 0. The Hall–Kier alpha value is -2.17. The third-order valence-corrected chi connectivity index (χ3v) is 5.33. The number of hydrogen-bond donors (Lipinski definition) is 1. The molecule has 2 aromatic rings. The maximum absolute atomic E-state index is 13.3. The third kappa shape index (κ3) is 4.96. The van der Waals surface area contributed by atoms with Crippen molar-refractivity contribution in [3.05, 3.63) is 65.2 Å². The first kappa shape index (κ1) is 19.6. The van der Waals surface area contributed by atoms with Gasteiger partial charge in [0.1, 0.15) is 6.04 Å². The summed E-state index contributed by atoms with van der Waals surface area (Å²) in [5.41, 5.74) is 4.21. The van der Waals surface area contributed by atoms with E-state index in [-0.39, 0.29) is 11.9 Å². The highest BCUT2D eigenvalue weighted by Gasteiger charge is 2.30. The van der Waals surface area contributed by atoms with E-state index in [9.17, 15) is 4.79 Å². The van der Waals surface area contributed by atoms with Crippen molar-refractivity contribution in [2.24, 2.45) is 0 Å². The summed E-state index contributed by atoms with van der Waals surface area (Å²) in [6.07, 6.45) is 1.18. The molecule has 1 N–H and O–H groups in total. The lowest BCUT2D eigenvalue weighted by Crippen LogP contribution is -2.50. The standard InChI is InChI=1S/C23H31N3O/c1-4-12-25-13-15-26(16-14-25)22(20-8-6-5-7-9-20)23(27)24-21-17-18(2)10-11-19(21)3/h5-11,17,22H,4,12-16H2,1-3H3,(H,24,27)/t22-/m1/s1. The number of benzene rings is 2. The Morgan fingerprint density at radius 1 is 1.04 bits per heavy atom. The molecule has 1 atom stereocenters. The fourth-order valence-corrected chi connectivity index (χ4v) is 3.80. The monoisotopic (exact) mass is 365 g/mol. The second kappa shape index (κ2) is 9.16. The second-order valence-corrected chi connectivity index (χ2v) is 7.50. The van der Waals surface area contributed by atoms with Gasteiger partial charge in [0.15, 0.2) is 0 Å². The molecule has 1 saturated heterocycles. The highest BCUT2D eigenvalue weighted by Crippen LogP contribution is 2.25. The van der Waals surface area contributed by atoms with Crippen molar-refractivity contribution in [3.8, 4) is 0 Å². The van der Waals surface area contributed by atoms with E-state index in [1.165, 1.54) is 6.42 Å². The maximum atomic E-state index is 13.3. The quantitative estimate of drug-likeness (QED) is 0.840. The van der Waals surface area contributed by atoms with Crippen LogP contribution in [0.15, 0.2) is 48.5 Å².